The molecule has 0 radical (unpaired) electrons. The average molecular weight is 327 g/mol. The Hall–Kier alpha value is -2.38. The number of hydrogen-bond acceptors (Lipinski definition) is 6. The third-order valence-corrected chi connectivity index (χ3v) is 4.29. The first-order valence-corrected chi connectivity index (χ1v) is 8.31. The Bertz CT molecular complexity index is 777. The Balaban J connectivity index is 1.41. The van der Waals surface area contributed by atoms with Gasteiger partial charge in [-0.3, -0.25) is 4.90 Å². The number of morpholine rings is 1. The van der Waals surface area contributed by atoms with Gasteiger partial charge in [-0.1, -0.05) is 0 Å². The predicted molar refractivity (Wildman–Crippen MR) is 91.1 cm³/mol. The fourth-order valence-electron chi connectivity index (χ4n) is 2.99. The quantitative estimate of drug-likeness (QED) is 0.700. The van der Waals surface area contributed by atoms with E-state index in [1.807, 2.05) is 29.0 Å². The highest BCUT2D eigenvalue weighted by atomic mass is 16.5. The SMILES string of the molecule is c1cc(NCCCN2CCOCC2)n2ncc(-c3ccoc3)c2n1. The summed E-state index contributed by atoms with van der Waals surface area (Å²) in [7, 11) is 0. The van der Waals surface area contributed by atoms with Gasteiger partial charge in [-0.05, 0) is 25.1 Å². The molecule has 1 saturated heterocycles. The van der Waals surface area contributed by atoms with E-state index >= 15 is 0 Å². The largest absolute Gasteiger partial charge is 0.472 e. The van der Waals surface area contributed by atoms with Crippen LogP contribution >= 0.6 is 0 Å². The summed E-state index contributed by atoms with van der Waals surface area (Å²) in [5, 5.41) is 7.93. The van der Waals surface area contributed by atoms with Gasteiger partial charge in [0, 0.05) is 37.0 Å². The molecule has 24 heavy (non-hydrogen) atoms. The summed E-state index contributed by atoms with van der Waals surface area (Å²) in [6.45, 7) is 5.76. The second-order valence-electron chi connectivity index (χ2n) is 5.87. The van der Waals surface area contributed by atoms with Gasteiger partial charge in [-0.25, -0.2) is 4.98 Å². The number of anilines is 1. The van der Waals surface area contributed by atoms with Crippen molar-refractivity contribution in [1.82, 2.24) is 19.5 Å². The van der Waals surface area contributed by atoms with Gasteiger partial charge in [0.05, 0.1) is 31.9 Å². The summed E-state index contributed by atoms with van der Waals surface area (Å²) < 4.78 is 12.4. The molecule has 0 saturated carbocycles. The maximum atomic E-state index is 5.37. The smallest absolute Gasteiger partial charge is 0.165 e. The van der Waals surface area contributed by atoms with Crippen LogP contribution in [-0.2, 0) is 4.74 Å². The molecular formula is C17H21N5O2. The van der Waals surface area contributed by atoms with Crippen LogP contribution in [0.1, 0.15) is 6.42 Å². The lowest BCUT2D eigenvalue weighted by Gasteiger charge is -2.26. The van der Waals surface area contributed by atoms with Crippen LogP contribution in [0, 0.1) is 0 Å². The monoisotopic (exact) mass is 327 g/mol. The number of ether oxygens (including phenoxy) is 1. The molecule has 1 aliphatic heterocycles. The highest BCUT2D eigenvalue weighted by Gasteiger charge is 2.12. The molecule has 7 nitrogen and oxygen atoms in total. The minimum Gasteiger partial charge on any atom is -0.472 e. The van der Waals surface area contributed by atoms with Crippen LogP contribution < -0.4 is 5.32 Å². The van der Waals surface area contributed by atoms with E-state index < -0.39 is 0 Å². The number of nitrogens with one attached hydrogen (secondary N) is 1. The zero-order valence-electron chi connectivity index (χ0n) is 13.5. The highest BCUT2D eigenvalue weighted by molar-refractivity contribution is 5.77. The van der Waals surface area contributed by atoms with Crippen molar-refractivity contribution in [3.63, 3.8) is 0 Å². The van der Waals surface area contributed by atoms with Crippen LogP contribution in [0.25, 0.3) is 16.8 Å². The van der Waals surface area contributed by atoms with E-state index in [4.69, 9.17) is 9.15 Å². The minimum atomic E-state index is 0.828. The summed E-state index contributed by atoms with van der Waals surface area (Å²) >= 11 is 0. The van der Waals surface area contributed by atoms with Gasteiger partial charge in [0.15, 0.2) is 5.65 Å². The topological polar surface area (TPSA) is 67.8 Å². The zero-order valence-corrected chi connectivity index (χ0v) is 13.5. The number of aromatic nitrogens is 3. The van der Waals surface area contributed by atoms with Crippen molar-refractivity contribution < 1.29 is 9.15 Å². The van der Waals surface area contributed by atoms with Crippen molar-refractivity contribution >= 4 is 11.5 Å². The normalized spacial score (nSPS) is 15.8. The summed E-state index contributed by atoms with van der Waals surface area (Å²) in [6, 6.07) is 3.87. The lowest BCUT2D eigenvalue weighted by atomic mass is 10.2. The third kappa shape index (κ3) is 3.13. The van der Waals surface area contributed by atoms with Crippen LogP contribution in [0.5, 0.6) is 0 Å². The third-order valence-electron chi connectivity index (χ3n) is 4.29. The van der Waals surface area contributed by atoms with E-state index in [0.29, 0.717) is 0 Å². The van der Waals surface area contributed by atoms with E-state index in [1.165, 1.54) is 0 Å². The van der Waals surface area contributed by atoms with Gasteiger partial charge in [0.2, 0.25) is 0 Å². The number of furan rings is 1. The lowest BCUT2D eigenvalue weighted by molar-refractivity contribution is 0.0378. The molecule has 0 amide bonds. The fraction of sp³-hybridized carbons (Fsp3) is 0.412. The minimum absolute atomic E-state index is 0.828. The van der Waals surface area contributed by atoms with Crippen LogP contribution in [-0.4, -0.2) is 58.9 Å². The van der Waals surface area contributed by atoms with Crippen molar-refractivity contribution in [2.75, 3.05) is 44.7 Å². The van der Waals surface area contributed by atoms with Crippen LogP contribution in [0.4, 0.5) is 5.82 Å². The molecule has 1 N–H and O–H groups in total. The van der Waals surface area contributed by atoms with Crippen molar-refractivity contribution in [1.29, 1.82) is 0 Å². The molecule has 4 heterocycles. The van der Waals surface area contributed by atoms with Crippen LogP contribution in [0.15, 0.2) is 41.5 Å². The van der Waals surface area contributed by atoms with Gasteiger partial charge in [0.25, 0.3) is 0 Å². The Morgan fingerprint density at radius 3 is 2.96 bits per heavy atom. The number of rotatable bonds is 6. The molecule has 0 atom stereocenters. The summed E-state index contributed by atoms with van der Waals surface area (Å²) in [5.74, 6) is 0.955. The molecule has 3 aromatic rings. The van der Waals surface area contributed by atoms with Crippen molar-refractivity contribution in [2.45, 2.75) is 6.42 Å². The molecule has 3 aromatic heterocycles. The van der Waals surface area contributed by atoms with Gasteiger partial charge in [-0.2, -0.15) is 9.61 Å². The fourth-order valence-corrected chi connectivity index (χ4v) is 2.99. The van der Waals surface area contributed by atoms with Gasteiger partial charge in [0.1, 0.15) is 5.82 Å². The molecule has 4 rings (SSSR count). The van der Waals surface area contributed by atoms with E-state index in [2.05, 4.69) is 20.3 Å². The second-order valence-corrected chi connectivity index (χ2v) is 5.87. The molecule has 0 aromatic carbocycles. The highest BCUT2D eigenvalue weighted by Crippen LogP contribution is 2.25. The Morgan fingerprint density at radius 2 is 2.12 bits per heavy atom. The van der Waals surface area contributed by atoms with E-state index in [1.54, 1.807) is 12.5 Å². The number of fused-ring (bicyclic) bond motifs is 1. The van der Waals surface area contributed by atoms with Crippen molar-refractivity contribution in [3.05, 3.63) is 37.1 Å². The average Bonchev–Trinajstić information content (AvgIpc) is 3.29. The molecule has 0 aliphatic carbocycles. The molecule has 0 spiro atoms. The first-order chi connectivity index (χ1) is 11.9. The molecule has 0 unspecified atom stereocenters. The van der Waals surface area contributed by atoms with E-state index in [0.717, 1.165) is 68.4 Å². The summed E-state index contributed by atoms with van der Waals surface area (Å²) in [5.41, 5.74) is 2.79. The van der Waals surface area contributed by atoms with Crippen LogP contribution in [0.2, 0.25) is 0 Å². The molecular weight excluding hydrogens is 306 g/mol. The molecule has 1 aliphatic rings. The van der Waals surface area contributed by atoms with Crippen LogP contribution in [0.3, 0.4) is 0 Å². The van der Waals surface area contributed by atoms with Crippen molar-refractivity contribution in [3.8, 4) is 11.1 Å². The van der Waals surface area contributed by atoms with E-state index in [9.17, 15) is 0 Å². The Morgan fingerprint density at radius 1 is 1.21 bits per heavy atom. The molecule has 1 fully saturated rings. The second kappa shape index (κ2) is 7.02. The number of nitrogens with zero attached hydrogens (tertiary/aromatic N) is 4. The summed E-state index contributed by atoms with van der Waals surface area (Å²) in [6.07, 6.45) is 8.09. The Labute approximate surface area is 140 Å². The maximum Gasteiger partial charge on any atom is 0.165 e. The number of hydrogen-bond donors (Lipinski definition) is 1. The molecule has 0 bridgehead atoms. The van der Waals surface area contributed by atoms with Gasteiger partial charge in [-0.15, -0.1) is 0 Å². The maximum absolute atomic E-state index is 5.37. The zero-order chi connectivity index (χ0) is 16.2. The summed E-state index contributed by atoms with van der Waals surface area (Å²) in [4.78, 5) is 6.90. The molecule has 7 heteroatoms. The first kappa shape index (κ1) is 15.2. The van der Waals surface area contributed by atoms with Gasteiger partial charge < -0.3 is 14.5 Å². The Kier molecular flexibility index (Phi) is 4.44. The van der Waals surface area contributed by atoms with E-state index in [-0.39, 0.29) is 0 Å². The van der Waals surface area contributed by atoms with Crippen molar-refractivity contribution in [2.24, 2.45) is 0 Å². The predicted octanol–water partition coefficient (Wildman–Crippen LogP) is 2.12. The standard InChI is InChI=1S/C17H21N5O2/c1(6-21-7-10-23-11-8-21)4-18-16-2-5-19-17-15(12-20-22(16)17)14-3-9-24-13-14/h2-3,5,9,12-13,18H,1,4,6-8,10-11H2. The molecule has 126 valence electrons. The first-order valence-electron chi connectivity index (χ1n) is 8.31. The lowest BCUT2D eigenvalue weighted by Crippen LogP contribution is -2.37. The van der Waals surface area contributed by atoms with Gasteiger partial charge >= 0.3 is 0 Å².